The van der Waals surface area contributed by atoms with E-state index in [1.165, 1.54) is 0 Å². The van der Waals surface area contributed by atoms with Crippen LogP contribution < -0.4 is 5.32 Å². The largest absolute Gasteiger partial charge is 0.375 e. The smallest absolute Gasteiger partial charge is 0.130 e. The molecule has 3 nitrogen and oxygen atoms in total. The van der Waals surface area contributed by atoms with Gasteiger partial charge in [-0.05, 0) is 41.1 Å². The minimum Gasteiger partial charge on any atom is -0.375 e. The van der Waals surface area contributed by atoms with Gasteiger partial charge in [0.2, 0.25) is 0 Å². The van der Waals surface area contributed by atoms with Crippen LogP contribution in [-0.4, -0.2) is 9.55 Å². The summed E-state index contributed by atoms with van der Waals surface area (Å²) < 4.78 is 2.89. The number of rotatable bonds is 3. The lowest BCUT2D eigenvalue weighted by Gasteiger charge is -2.15. The molecule has 0 aliphatic carbocycles. The van der Waals surface area contributed by atoms with Crippen molar-refractivity contribution in [3.05, 3.63) is 45.9 Å². The standard InChI is InChI=1S/C12H13BrClN3/c1-8(12-15-5-6-17(12)2)16-9-3-4-11(14)10(13)7-9/h3-8,16H,1-2H3. The van der Waals surface area contributed by atoms with E-state index < -0.39 is 0 Å². The Kier molecular flexibility index (Phi) is 3.74. The number of hydrogen-bond donors (Lipinski definition) is 1. The van der Waals surface area contributed by atoms with Gasteiger partial charge in [0, 0.05) is 29.6 Å². The monoisotopic (exact) mass is 313 g/mol. The zero-order valence-corrected chi connectivity index (χ0v) is 12.0. The van der Waals surface area contributed by atoms with E-state index in [1.54, 1.807) is 6.20 Å². The first-order valence-electron chi connectivity index (χ1n) is 5.26. The van der Waals surface area contributed by atoms with E-state index >= 15 is 0 Å². The maximum absolute atomic E-state index is 5.95. The summed E-state index contributed by atoms with van der Waals surface area (Å²) in [5.41, 5.74) is 1.01. The first-order valence-corrected chi connectivity index (χ1v) is 6.44. The van der Waals surface area contributed by atoms with Crippen LogP contribution in [-0.2, 0) is 7.05 Å². The maximum atomic E-state index is 5.95. The quantitative estimate of drug-likeness (QED) is 0.927. The molecule has 1 unspecified atom stereocenters. The van der Waals surface area contributed by atoms with Gasteiger partial charge in [-0.25, -0.2) is 4.98 Å². The molecule has 0 saturated carbocycles. The van der Waals surface area contributed by atoms with Crippen LogP contribution in [0.15, 0.2) is 35.1 Å². The van der Waals surface area contributed by atoms with Crippen molar-refractivity contribution in [2.24, 2.45) is 7.05 Å². The van der Waals surface area contributed by atoms with Gasteiger partial charge in [-0.15, -0.1) is 0 Å². The number of imidazole rings is 1. The third-order valence-corrected chi connectivity index (χ3v) is 3.76. The molecule has 0 aliphatic rings. The van der Waals surface area contributed by atoms with E-state index in [1.807, 2.05) is 36.0 Å². The molecule has 1 N–H and O–H groups in total. The van der Waals surface area contributed by atoms with E-state index in [9.17, 15) is 0 Å². The predicted molar refractivity (Wildman–Crippen MR) is 74.4 cm³/mol. The van der Waals surface area contributed by atoms with Crippen molar-refractivity contribution in [2.45, 2.75) is 13.0 Å². The van der Waals surface area contributed by atoms with E-state index in [0.29, 0.717) is 5.02 Å². The highest BCUT2D eigenvalue weighted by atomic mass is 79.9. The summed E-state index contributed by atoms with van der Waals surface area (Å²) in [4.78, 5) is 4.31. The van der Waals surface area contributed by atoms with Gasteiger partial charge >= 0.3 is 0 Å². The van der Waals surface area contributed by atoms with Crippen molar-refractivity contribution >= 4 is 33.2 Å². The van der Waals surface area contributed by atoms with Crippen molar-refractivity contribution in [1.29, 1.82) is 0 Å². The number of aryl methyl sites for hydroxylation is 1. The van der Waals surface area contributed by atoms with Crippen LogP contribution >= 0.6 is 27.5 Å². The second-order valence-electron chi connectivity index (χ2n) is 3.89. The van der Waals surface area contributed by atoms with Gasteiger partial charge in [0.05, 0.1) is 11.1 Å². The van der Waals surface area contributed by atoms with Gasteiger partial charge < -0.3 is 9.88 Å². The summed E-state index contributed by atoms with van der Waals surface area (Å²) in [7, 11) is 1.98. The fraction of sp³-hybridized carbons (Fsp3) is 0.250. The van der Waals surface area contributed by atoms with Crippen LogP contribution in [0, 0.1) is 0 Å². The molecule has 90 valence electrons. The predicted octanol–water partition coefficient (Wildman–Crippen LogP) is 4.01. The highest BCUT2D eigenvalue weighted by Crippen LogP contribution is 2.27. The summed E-state index contributed by atoms with van der Waals surface area (Å²) in [5.74, 6) is 0.996. The first-order chi connectivity index (χ1) is 8.08. The van der Waals surface area contributed by atoms with Crippen LogP contribution in [0.3, 0.4) is 0 Å². The summed E-state index contributed by atoms with van der Waals surface area (Å²) in [6.45, 7) is 2.07. The summed E-state index contributed by atoms with van der Waals surface area (Å²) >= 11 is 9.36. The molecule has 17 heavy (non-hydrogen) atoms. The fourth-order valence-electron chi connectivity index (χ4n) is 1.69. The van der Waals surface area contributed by atoms with E-state index in [-0.39, 0.29) is 6.04 Å². The van der Waals surface area contributed by atoms with Crippen molar-refractivity contribution in [3.63, 3.8) is 0 Å². The molecule has 2 rings (SSSR count). The van der Waals surface area contributed by atoms with Crippen molar-refractivity contribution in [1.82, 2.24) is 9.55 Å². The summed E-state index contributed by atoms with van der Waals surface area (Å²) in [6.07, 6.45) is 3.73. The van der Waals surface area contributed by atoms with Crippen molar-refractivity contribution in [3.8, 4) is 0 Å². The summed E-state index contributed by atoms with van der Waals surface area (Å²) in [5, 5.41) is 4.09. The molecule has 0 radical (unpaired) electrons. The third kappa shape index (κ3) is 2.82. The minimum absolute atomic E-state index is 0.142. The Labute approximate surface area is 114 Å². The topological polar surface area (TPSA) is 29.9 Å². The molecule has 0 amide bonds. The lowest BCUT2D eigenvalue weighted by atomic mass is 10.2. The number of hydrogen-bond acceptors (Lipinski definition) is 2. The van der Waals surface area contributed by atoms with Crippen LogP contribution in [0.4, 0.5) is 5.69 Å². The second kappa shape index (κ2) is 5.10. The zero-order chi connectivity index (χ0) is 12.4. The number of benzene rings is 1. The summed E-state index contributed by atoms with van der Waals surface area (Å²) in [6, 6.07) is 5.91. The average molecular weight is 315 g/mol. The van der Waals surface area contributed by atoms with E-state index in [0.717, 1.165) is 16.0 Å². The lowest BCUT2D eigenvalue weighted by Crippen LogP contribution is -2.11. The molecule has 0 spiro atoms. The molecule has 1 aromatic heterocycles. The minimum atomic E-state index is 0.142. The van der Waals surface area contributed by atoms with Crippen LogP contribution in [0.25, 0.3) is 0 Å². The van der Waals surface area contributed by atoms with Crippen LogP contribution in [0.1, 0.15) is 18.8 Å². The zero-order valence-electron chi connectivity index (χ0n) is 9.61. The number of anilines is 1. The SMILES string of the molecule is CC(Nc1ccc(Cl)c(Br)c1)c1nccn1C. The number of halogens is 2. The Bertz CT molecular complexity index is 524. The van der Waals surface area contributed by atoms with Gasteiger partial charge in [-0.3, -0.25) is 0 Å². The Morgan fingerprint density at radius 2 is 2.24 bits per heavy atom. The normalized spacial score (nSPS) is 12.5. The van der Waals surface area contributed by atoms with E-state index in [2.05, 4.69) is 33.2 Å². The number of nitrogens with zero attached hydrogens (tertiary/aromatic N) is 2. The highest BCUT2D eigenvalue weighted by molar-refractivity contribution is 9.10. The van der Waals surface area contributed by atoms with Gasteiger partial charge in [-0.2, -0.15) is 0 Å². The van der Waals surface area contributed by atoms with Gasteiger partial charge in [0.25, 0.3) is 0 Å². The van der Waals surface area contributed by atoms with Crippen molar-refractivity contribution in [2.75, 3.05) is 5.32 Å². The molecule has 0 saturated heterocycles. The average Bonchev–Trinajstić information content (AvgIpc) is 2.70. The molecule has 0 bridgehead atoms. The molecule has 1 heterocycles. The lowest BCUT2D eigenvalue weighted by molar-refractivity contribution is 0.721. The van der Waals surface area contributed by atoms with Gasteiger partial charge in [-0.1, -0.05) is 11.6 Å². The molecule has 1 atom stereocenters. The Morgan fingerprint density at radius 1 is 1.47 bits per heavy atom. The molecular weight excluding hydrogens is 302 g/mol. The maximum Gasteiger partial charge on any atom is 0.130 e. The first kappa shape index (κ1) is 12.5. The Hall–Kier alpha value is -1.00. The third-order valence-electron chi connectivity index (χ3n) is 2.55. The molecule has 0 aliphatic heterocycles. The van der Waals surface area contributed by atoms with E-state index in [4.69, 9.17) is 11.6 Å². The molecule has 1 aromatic carbocycles. The Morgan fingerprint density at radius 3 is 2.82 bits per heavy atom. The molecule has 2 aromatic rings. The van der Waals surface area contributed by atoms with Crippen LogP contribution in [0.2, 0.25) is 5.02 Å². The van der Waals surface area contributed by atoms with Crippen LogP contribution in [0.5, 0.6) is 0 Å². The van der Waals surface area contributed by atoms with Gasteiger partial charge in [0.1, 0.15) is 5.82 Å². The fourth-order valence-corrected chi connectivity index (χ4v) is 2.19. The molecule has 0 fully saturated rings. The Balaban J connectivity index is 2.16. The number of nitrogens with one attached hydrogen (secondary N) is 1. The number of aromatic nitrogens is 2. The second-order valence-corrected chi connectivity index (χ2v) is 5.15. The van der Waals surface area contributed by atoms with Crippen molar-refractivity contribution < 1.29 is 0 Å². The molecule has 5 heteroatoms. The molecular formula is C12H13BrClN3. The van der Waals surface area contributed by atoms with Gasteiger partial charge in [0.15, 0.2) is 0 Å². The highest BCUT2D eigenvalue weighted by Gasteiger charge is 2.10.